The first-order valence-electron chi connectivity index (χ1n) is 10.3. The molecule has 1 unspecified atom stereocenters. The maximum Gasteiger partial charge on any atom is 0.243 e. The summed E-state index contributed by atoms with van der Waals surface area (Å²) in [6.07, 6.45) is -0.0834. The predicted octanol–water partition coefficient (Wildman–Crippen LogP) is 2.86. The van der Waals surface area contributed by atoms with E-state index >= 15 is 0 Å². The molecule has 8 nitrogen and oxygen atoms in total. The van der Waals surface area contributed by atoms with E-state index in [2.05, 4.69) is 5.32 Å². The van der Waals surface area contributed by atoms with Crippen LogP contribution in [0, 0.1) is 11.7 Å². The minimum atomic E-state index is -3.74. The summed E-state index contributed by atoms with van der Waals surface area (Å²) in [7, 11) is -2.33. The van der Waals surface area contributed by atoms with Crippen molar-refractivity contribution in [2.24, 2.45) is 5.92 Å². The summed E-state index contributed by atoms with van der Waals surface area (Å²) in [5.74, 6) is -1.83. The molecule has 2 aromatic rings. The molecule has 1 aliphatic heterocycles. The lowest BCUT2D eigenvalue weighted by molar-refractivity contribution is -0.122. The van der Waals surface area contributed by atoms with Gasteiger partial charge in [0.25, 0.3) is 0 Å². The Bertz CT molecular complexity index is 1120. The molecule has 32 heavy (non-hydrogen) atoms. The zero-order valence-corrected chi connectivity index (χ0v) is 19.0. The molecule has 1 saturated heterocycles. The molecule has 10 heteroatoms. The average molecular weight is 464 g/mol. The summed E-state index contributed by atoms with van der Waals surface area (Å²) < 4.78 is 46.4. The van der Waals surface area contributed by atoms with Crippen molar-refractivity contribution in [3.05, 3.63) is 48.3 Å². The van der Waals surface area contributed by atoms with Gasteiger partial charge in [-0.3, -0.25) is 9.59 Å². The first-order valence-corrected chi connectivity index (χ1v) is 11.7. The number of benzene rings is 2. The molecule has 3 rings (SSSR count). The Morgan fingerprint density at radius 1 is 1.22 bits per heavy atom. The van der Waals surface area contributed by atoms with Crippen LogP contribution < -0.4 is 15.0 Å². The van der Waals surface area contributed by atoms with E-state index in [1.54, 1.807) is 19.9 Å². The Morgan fingerprint density at radius 3 is 2.53 bits per heavy atom. The van der Waals surface area contributed by atoms with Gasteiger partial charge in [0.05, 0.1) is 29.3 Å². The third-order valence-electron chi connectivity index (χ3n) is 5.41. The molecular formula is C22H26FN3O5S. The molecule has 0 aromatic heterocycles. The van der Waals surface area contributed by atoms with Gasteiger partial charge in [-0.15, -0.1) is 0 Å². The molecule has 1 fully saturated rings. The van der Waals surface area contributed by atoms with Crippen molar-refractivity contribution in [2.45, 2.75) is 25.2 Å². The van der Waals surface area contributed by atoms with Crippen LogP contribution in [-0.4, -0.2) is 51.3 Å². The van der Waals surface area contributed by atoms with Gasteiger partial charge in [-0.2, -0.15) is 4.31 Å². The average Bonchev–Trinajstić information content (AvgIpc) is 3.16. The van der Waals surface area contributed by atoms with Crippen molar-refractivity contribution >= 4 is 33.2 Å². The molecule has 0 spiro atoms. The zero-order chi connectivity index (χ0) is 23.5. The number of carbonyl (C=O) groups excluding carboxylic acids is 2. The smallest absolute Gasteiger partial charge is 0.243 e. The normalized spacial score (nSPS) is 16.5. The zero-order valence-electron chi connectivity index (χ0n) is 18.2. The number of hydrogen-bond acceptors (Lipinski definition) is 5. The van der Waals surface area contributed by atoms with Crippen LogP contribution in [-0.2, 0) is 19.6 Å². The first-order chi connectivity index (χ1) is 15.2. The van der Waals surface area contributed by atoms with Crippen molar-refractivity contribution in [3.63, 3.8) is 0 Å². The van der Waals surface area contributed by atoms with Crippen LogP contribution in [0.5, 0.6) is 5.75 Å². The Labute approximate surface area is 187 Å². The SMILES string of the molecule is CCN(CC)S(=O)(=O)c1ccc(OC)c(NC(=O)C2CC(=O)N(c3ccccc3F)C2)c1. The largest absolute Gasteiger partial charge is 0.495 e. The minimum absolute atomic E-state index is 0.0192. The van der Waals surface area contributed by atoms with Gasteiger partial charge in [-0.1, -0.05) is 26.0 Å². The van der Waals surface area contributed by atoms with Gasteiger partial charge in [-0.25, -0.2) is 12.8 Å². The van der Waals surface area contributed by atoms with Gasteiger partial charge in [0, 0.05) is 26.1 Å². The highest BCUT2D eigenvalue weighted by Crippen LogP contribution is 2.32. The first kappa shape index (κ1) is 23.7. The molecule has 1 heterocycles. The minimum Gasteiger partial charge on any atom is -0.495 e. The number of halogens is 1. The fourth-order valence-corrected chi connectivity index (χ4v) is 5.16. The number of nitrogens with one attached hydrogen (secondary N) is 1. The molecule has 2 aromatic carbocycles. The Hall–Kier alpha value is -2.98. The van der Waals surface area contributed by atoms with Crippen LogP contribution in [0.4, 0.5) is 15.8 Å². The second kappa shape index (κ2) is 9.66. The number of sulfonamides is 1. The van der Waals surface area contributed by atoms with Crippen LogP contribution in [0.1, 0.15) is 20.3 Å². The van der Waals surface area contributed by atoms with E-state index in [0.29, 0.717) is 13.1 Å². The van der Waals surface area contributed by atoms with E-state index in [0.717, 1.165) is 0 Å². The Morgan fingerprint density at radius 2 is 1.91 bits per heavy atom. The van der Waals surface area contributed by atoms with Crippen molar-refractivity contribution in [1.29, 1.82) is 0 Å². The lowest BCUT2D eigenvalue weighted by Crippen LogP contribution is -2.31. The topological polar surface area (TPSA) is 96.0 Å². The van der Waals surface area contributed by atoms with Crippen molar-refractivity contribution in [2.75, 3.05) is 37.0 Å². The molecular weight excluding hydrogens is 437 g/mol. The molecule has 1 N–H and O–H groups in total. The monoisotopic (exact) mass is 463 g/mol. The molecule has 0 bridgehead atoms. The summed E-state index contributed by atoms with van der Waals surface area (Å²) >= 11 is 0. The molecule has 0 aliphatic carbocycles. The third kappa shape index (κ3) is 4.61. The summed E-state index contributed by atoms with van der Waals surface area (Å²) in [5, 5.41) is 2.68. The maximum atomic E-state index is 14.1. The second-order valence-corrected chi connectivity index (χ2v) is 9.24. The summed E-state index contributed by atoms with van der Waals surface area (Å²) in [6.45, 7) is 4.12. The lowest BCUT2D eigenvalue weighted by Gasteiger charge is -2.20. The van der Waals surface area contributed by atoms with Crippen LogP contribution >= 0.6 is 0 Å². The fraction of sp³-hybridized carbons (Fsp3) is 0.364. The predicted molar refractivity (Wildman–Crippen MR) is 119 cm³/mol. The van der Waals surface area contributed by atoms with Gasteiger partial charge in [0.1, 0.15) is 11.6 Å². The van der Waals surface area contributed by atoms with Gasteiger partial charge in [0.15, 0.2) is 0 Å². The number of nitrogens with zero attached hydrogens (tertiary/aromatic N) is 2. The van der Waals surface area contributed by atoms with E-state index in [4.69, 9.17) is 4.74 Å². The summed E-state index contributed by atoms with van der Waals surface area (Å²) in [6, 6.07) is 10.1. The van der Waals surface area contributed by atoms with Crippen molar-refractivity contribution < 1.29 is 27.1 Å². The second-order valence-electron chi connectivity index (χ2n) is 7.30. The molecule has 1 atom stereocenters. The highest BCUT2D eigenvalue weighted by molar-refractivity contribution is 7.89. The Balaban J connectivity index is 1.83. The van der Waals surface area contributed by atoms with E-state index < -0.39 is 27.7 Å². The van der Waals surface area contributed by atoms with Crippen LogP contribution in [0.15, 0.2) is 47.4 Å². The number of ether oxygens (including phenoxy) is 1. The number of anilines is 2. The van der Waals surface area contributed by atoms with E-state index in [-0.39, 0.29) is 40.9 Å². The summed E-state index contributed by atoms with van der Waals surface area (Å²) in [5.41, 5.74) is 0.306. The standard InChI is InChI=1S/C22H26FN3O5S/c1-4-25(5-2)32(29,30)16-10-11-20(31-3)18(13-16)24-22(28)15-12-21(27)26(14-15)19-9-7-6-8-17(19)23/h6-11,13,15H,4-5,12,14H2,1-3H3,(H,24,28). The summed E-state index contributed by atoms with van der Waals surface area (Å²) in [4.78, 5) is 26.6. The number of rotatable bonds is 8. The van der Waals surface area contributed by atoms with Gasteiger partial charge in [-0.05, 0) is 30.3 Å². The number of para-hydroxylation sites is 1. The molecule has 2 amide bonds. The van der Waals surface area contributed by atoms with Gasteiger partial charge < -0.3 is 15.0 Å². The molecule has 0 radical (unpaired) electrons. The third-order valence-corrected chi connectivity index (χ3v) is 7.46. The van der Waals surface area contributed by atoms with Crippen molar-refractivity contribution in [1.82, 2.24) is 4.31 Å². The van der Waals surface area contributed by atoms with E-state index in [9.17, 15) is 22.4 Å². The van der Waals surface area contributed by atoms with Crippen LogP contribution in [0.3, 0.4) is 0 Å². The van der Waals surface area contributed by atoms with Gasteiger partial charge in [0.2, 0.25) is 21.8 Å². The van der Waals surface area contributed by atoms with E-state index in [1.807, 2.05) is 0 Å². The van der Waals surface area contributed by atoms with Crippen LogP contribution in [0.25, 0.3) is 0 Å². The highest BCUT2D eigenvalue weighted by Gasteiger charge is 2.36. The van der Waals surface area contributed by atoms with E-state index in [1.165, 1.54) is 52.7 Å². The molecule has 0 saturated carbocycles. The molecule has 1 aliphatic rings. The maximum absolute atomic E-state index is 14.1. The Kier molecular flexibility index (Phi) is 7.15. The number of methoxy groups -OCH3 is 1. The van der Waals surface area contributed by atoms with Crippen molar-refractivity contribution in [3.8, 4) is 5.75 Å². The fourth-order valence-electron chi connectivity index (χ4n) is 3.68. The highest BCUT2D eigenvalue weighted by atomic mass is 32.2. The lowest BCUT2D eigenvalue weighted by atomic mass is 10.1. The van der Waals surface area contributed by atoms with Gasteiger partial charge >= 0.3 is 0 Å². The van der Waals surface area contributed by atoms with Crippen LogP contribution in [0.2, 0.25) is 0 Å². The number of hydrogen-bond donors (Lipinski definition) is 1. The molecule has 172 valence electrons. The number of amides is 2. The quantitative estimate of drug-likeness (QED) is 0.650. The number of carbonyl (C=O) groups is 2.